The number of carboxylic acid groups (broad SMARTS) is 2. The van der Waals surface area contributed by atoms with Crippen LogP contribution in [-0.4, -0.2) is 52.8 Å². The minimum absolute atomic E-state index is 0.200. The van der Waals surface area contributed by atoms with Crippen LogP contribution in [0.4, 0.5) is 0 Å². The minimum atomic E-state index is -1.01. The summed E-state index contributed by atoms with van der Waals surface area (Å²) >= 11 is 0. The molecule has 0 aromatic carbocycles. The van der Waals surface area contributed by atoms with Gasteiger partial charge in [-0.3, -0.25) is 14.6 Å². The normalized spacial score (nSPS) is 33.2. The smallest absolute Gasteiger partial charge is 0.312 e. The first-order valence-corrected chi connectivity index (χ1v) is 7.19. The van der Waals surface area contributed by atoms with Gasteiger partial charge in [-0.05, 0) is 25.5 Å². The van der Waals surface area contributed by atoms with Crippen molar-refractivity contribution >= 4 is 11.9 Å². The summed E-state index contributed by atoms with van der Waals surface area (Å²) in [6.45, 7) is 2.78. The quantitative estimate of drug-likeness (QED) is 0.617. The van der Waals surface area contributed by atoms with E-state index in [0.717, 1.165) is 0 Å². The zero-order valence-electron chi connectivity index (χ0n) is 12.5. The third-order valence-corrected chi connectivity index (χ3v) is 4.58. The average Bonchev–Trinajstić information content (AvgIpc) is 2.53. The Morgan fingerprint density at radius 2 is 1.77 bits per heavy atom. The SMILES string of the molecule is CC1NCC2(C(=O)O)CNCC1(C(=O)O)C2.c1ccncc1. The van der Waals surface area contributed by atoms with Crippen molar-refractivity contribution in [2.75, 3.05) is 19.6 Å². The highest BCUT2D eigenvalue weighted by Crippen LogP contribution is 2.43. The Morgan fingerprint density at radius 3 is 2.23 bits per heavy atom. The number of nitrogens with one attached hydrogen (secondary N) is 2. The predicted octanol–water partition coefficient (Wildman–Crippen LogP) is 0.195. The first-order valence-electron chi connectivity index (χ1n) is 7.19. The van der Waals surface area contributed by atoms with E-state index in [-0.39, 0.29) is 12.5 Å². The van der Waals surface area contributed by atoms with Crippen molar-refractivity contribution in [1.82, 2.24) is 15.6 Å². The second kappa shape index (κ2) is 6.41. The second-order valence-corrected chi connectivity index (χ2v) is 5.95. The molecule has 7 heteroatoms. The molecule has 1 aromatic rings. The highest BCUT2D eigenvalue weighted by Gasteiger charge is 2.58. The Bertz CT molecular complexity index is 512. The van der Waals surface area contributed by atoms with Crippen molar-refractivity contribution in [3.8, 4) is 0 Å². The predicted molar refractivity (Wildman–Crippen MR) is 79.3 cm³/mol. The van der Waals surface area contributed by atoms with Crippen molar-refractivity contribution in [1.29, 1.82) is 0 Å². The number of piperidine rings is 2. The topological polar surface area (TPSA) is 112 Å². The summed E-state index contributed by atoms with van der Waals surface area (Å²) in [5.74, 6) is -1.85. The van der Waals surface area contributed by atoms with Crippen LogP contribution in [0, 0.1) is 10.8 Å². The summed E-state index contributed by atoms with van der Waals surface area (Å²) in [6.07, 6.45) is 3.70. The van der Waals surface area contributed by atoms with Crippen LogP contribution in [0.25, 0.3) is 0 Å². The van der Waals surface area contributed by atoms with E-state index in [2.05, 4.69) is 15.6 Å². The van der Waals surface area contributed by atoms with Gasteiger partial charge in [0.05, 0.1) is 10.8 Å². The van der Waals surface area contributed by atoms with E-state index in [1.54, 1.807) is 19.3 Å². The van der Waals surface area contributed by atoms with Gasteiger partial charge in [0.25, 0.3) is 0 Å². The summed E-state index contributed by atoms with van der Waals surface area (Å²) in [4.78, 5) is 26.5. The van der Waals surface area contributed by atoms with Crippen molar-refractivity contribution < 1.29 is 19.8 Å². The van der Waals surface area contributed by atoms with Gasteiger partial charge in [0, 0.05) is 38.1 Å². The lowest BCUT2D eigenvalue weighted by molar-refractivity contribution is -0.167. The maximum absolute atomic E-state index is 11.4. The zero-order chi connectivity index (χ0) is 16.2. The van der Waals surface area contributed by atoms with Crippen molar-refractivity contribution in [2.24, 2.45) is 10.8 Å². The summed E-state index contributed by atoms with van der Waals surface area (Å²) in [7, 11) is 0. The van der Waals surface area contributed by atoms with E-state index < -0.39 is 22.8 Å². The third-order valence-electron chi connectivity index (χ3n) is 4.58. The van der Waals surface area contributed by atoms with E-state index in [4.69, 9.17) is 0 Å². The molecule has 0 amide bonds. The Hall–Kier alpha value is -1.99. The number of rotatable bonds is 2. The molecule has 3 unspecified atom stereocenters. The Labute approximate surface area is 128 Å². The van der Waals surface area contributed by atoms with E-state index in [0.29, 0.717) is 19.6 Å². The number of aliphatic carboxylic acids is 2. The number of carboxylic acids is 2. The van der Waals surface area contributed by atoms with Gasteiger partial charge in [-0.2, -0.15) is 0 Å². The van der Waals surface area contributed by atoms with Crippen LogP contribution in [0.3, 0.4) is 0 Å². The Balaban J connectivity index is 0.000000246. The average molecular weight is 307 g/mol. The molecule has 3 heterocycles. The van der Waals surface area contributed by atoms with Crippen LogP contribution >= 0.6 is 0 Å². The molecule has 22 heavy (non-hydrogen) atoms. The number of aromatic nitrogens is 1. The molecule has 0 saturated carbocycles. The van der Waals surface area contributed by atoms with Gasteiger partial charge < -0.3 is 20.8 Å². The van der Waals surface area contributed by atoms with E-state index in [1.165, 1.54) is 0 Å². The molecule has 2 aliphatic heterocycles. The van der Waals surface area contributed by atoms with Gasteiger partial charge in [-0.25, -0.2) is 0 Å². The number of fused-ring (bicyclic) bond motifs is 2. The number of hydrogen-bond acceptors (Lipinski definition) is 5. The molecule has 2 fully saturated rings. The first-order chi connectivity index (χ1) is 10.4. The third kappa shape index (κ3) is 2.95. The van der Waals surface area contributed by atoms with Crippen LogP contribution in [-0.2, 0) is 9.59 Å². The standard InChI is InChI=1S/C10H16N2O4.C5H5N/c1-6-10(8(15)16)2-9(4-12-6,7(13)14)3-11-5-10;1-2-4-6-5-3-1/h6,11-12H,2-5H2,1H3,(H,13,14)(H,15,16);1-5H. The largest absolute Gasteiger partial charge is 0.481 e. The summed E-state index contributed by atoms with van der Waals surface area (Å²) in [5.41, 5.74) is -1.99. The molecule has 4 N–H and O–H groups in total. The first kappa shape index (κ1) is 16.4. The van der Waals surface area contributed by atoms with Gasteiger partial charge in [0.15, 0.2) is 0 Å². The molecule has 2 bridgehead atoms. The lowest BCUT2D eigenvalue weighted by Gasteiger charge is -2.51. The summed E-state index contributed by atoms with van der Waals surface area (Å²) < 4.78 is 0. The van der Waals surface area contributed by atoms with Crippen molar-refractivity contribution in [3.63, 3.8) is 0 Å². The molecule has 0 spiro atoms. The molecule has 3 rings (SSSR count). The fraction of sp³-hybridized carbons (Fsp3) is 0.533. The lowest BCUT2D eigenvalue weighted by atomic mass is 9.61. The molecule has 0 radical (unpaired) electrons. The Morgan fingerprint density at radius 1 is 1.09 bits per heavy atom. The molecule has 0 aliphatic carbocycles. The van der Waals surface area contributed by atoms with Gasteiger partial charge in [0.1, 0.15) is 0 Å². The fourth-order valence-corrected chi connectivity index (χ4v) is 3.10. The van der Waals surface area contributed by atoms with Crippen molar-refractivity contribution in [3.05, 3.63) is 30.6 Å². The van der Waals surface area contributed by atoms with Gasteiger partial charge in [0.2, 0.25) is 0 Å². The van der Waals surface area contributed by atoms with Crippen LogP contribution in [0.2, 0.25) is 0 Å². The molecule has 7 nitrogen and oxygen atoms in total. The number of carbonyl (C=O) groups is 2. The number of hydrogen-bond donors (Lipinski definition) is 4. The maximum Gasteiger partial charge on any atom is 0.312 e. The van der Waals surface area contributed by atoms with Crippen LogP contribution in [0.1, 0.15) is 13.3 Å². The van der Waals surface area contributed by atoms with Crippen molar-refractivity contribution in [2.45, 2.75) is 19.4 Å². The molecule has 2 saturated heterocycles. The van der Waals surface area contributed by atoms with E-state index >= 15 is 0 Å². The molecular formula is C15H21N3O4. The second-order valence-electron chi connectivity index (χ2n) is 5.95. The van der Waals surface area contributed by atoms with Gasteiger partial charge in [-0.15, -0.1) is 0 Å². The monoisotopic (exact) mass is 307 g/mol. The highest BCUT2D eigenvalue weighted by molar-refractivity contribution is 5.81. The number of pyridine rings is 1. The van der Waals surface area contributed by atoms with Crippen LogP contribution in [0.5, 0.6) is 0 Å². The Kier molecular flexibility index (Phi) is 4.77. The maximum atomic E-state index is 11.4. The van der Waals surface area contributed by atoms with Crippen LogP contribution < -0.4 is 10.6 Å². The highest BCUT2D eigenvalue weighted by atomic mass is 16.4. The van der Waals surface area contributed by atoms with E-state index in [9.17, 15) is 19.8 Å². The summed E-state index contributed by atoms with van der Waals surface area (Å²) in [5, 5.41) is 24.6. The molecule has 3 atom stereocenters. The van der Waals surface area contributed by atoms with Gasteiger partial charge in [-0.1, -0.05) is 6.07 Å². The van der Waals surface area contributed by atoms with Gasteiger partial charge >= 0.3 is 11.9 Å². The fourth-order valence-electron chi connectivity index (χ4n) is 3.10. The zero-order valence-corrected chi connectivity index (χ0v) is 12.5. The number of nitrogens with zero attached hydrogens (tertiary/aromatic N) is 1. The molecule has 2 aliphatic rings. The molecule has 120 valence electrons. The minimum Gasteiger partial charge on any atom is -0.481 e. The summed E-state index contributed by atoms with van der Waals surface area (Å²) in [6, 6.07) is 5.50. The molecular weight excluding hydrogens is 286 g/mol. The van der Waals surface area contributed by atoms with E-state index in [1.807, 2.05) is 18.2 Å². The molecule has 1 aromatic heterocycles. The van der Waals surface area contributed by atoms with Crippen LogP contribution in [0.15, 0.2) is 30.6 Å². The lowest BCUT2D eigenvalue weighted by Crippen LogP contribution is -2.70.